The number of rotatable bonds is 4. The van der Waals surface area contributed by atoms with E-state index in [2.05, 4.69) is 24.3 Å². The minimum Gasteiger partial charge on any atom is -0.273 e. The van der Waals surface area contributed by atoms with Crippen molar-refractivity contribution in [2.75, 3.05) is 0 Å². The molecule has 0 spiro atoms. The van der Waals surface area contributed by atoms with E-state index < -0.39 is 0 Å². The zero-order chi connectivity index (χ0) is 19.9. The van der Waals surface area contributed by atoms with Crippen LogP contribution in [0.15, 0.2) is 103 Å². The number of hydrogen-bond acceptors (Lipinski definition) is 1. The molecule has 0 bridgehead atoms. The van der Waals surface area contributed by atoms with E-state index in [1.807, 2.05) is 65.4 Å². The second-order valence-electron chi connectivity index (χ2n) is 6.73. The summed E-state index contributed by atoms with van der Waals surface area (Å²) in [6, 6.07) is 28.8. The first-order valence-electron chi connectivity index (χ1n) is 9.63. The fourth-order valence-electron chi connectivity index (χ4n) is 3.18. The van der Waals surface area contributed by atoms with E-state index in [1.54, 1.807) is 12.1 Å². The summed E-state index contributed by atoms with van der Waals surface area (Å²) in [4.78, 5) is 0. The second kappa shape index (κ2) is 10.6. The maximum absolute atomic E-state index is 13.3. The van der Waals surface area contributed by atoms with Crippen molar-refractivity contribution >= 4 is 5.57 Å². The van der Waals surface area contributed by atoms with Crippen molar-refractivity contribution < 1.29 is 21.5 Å². The summed E-state index contributed by atoms with van der Waals surface area (Å²) >= 11 is 0. The number of benzene rings is 2. The van der Waals surface area contributed by atoms with Crippen molar-refractivity contribution in [3.63, 3.8) is 0 Å². The Morgan fingerprint density at radius 2 is 1.70 bits per heavy atom. The molecular formula is C26H21FFeN2. The molecule has 30 heavy (non-hydrogen) atoms. The number of hydrogen-bond donors (Lipinski definition) is 0. The van der Waals surface area contributed by atoms with Gasteiger partial charge in [-0.05, 0) is 41.1 Å². The summed E-state index contributed by atoms with van der Waals surface area (Å²) in [5.41, 5.74) is 5.02. The van der Waals surface area contributed by atoms with Gasteiger partial charge >= 0.3 is 17.1 Å². The van der Waals surface area contributed by atoms with Gasteiger partial charge in [-0.3, -0.25) is 4.68 Å². The van der Waals surface area contributed by atoms with Crippen LogP contribution >= 0.6 is 0 Å². The van der Waals surface area contributed by atoms with Gasteiger partial charge in [0.1, 0.15) is 5.82 Å². The fraction of sp³-hybridized carbons (Fsp3) is 0.0769. The van der Waals surface area contributed by atoms with Gasteiger partial charge in [0.2, 0.25) is 0 Å². The largest absolute Gasteiger partial charge is 2.00 e. The minimum atomic E-state index is -0.233. The molecule has 0 saturated heterocycles. The van der Waals surface area contributed by atoms with E-state index >= 15 is 0 Å². The van der Waals surface area contributed by atoms with Gasteiger partial charge in [0.05, 0.1) is 12.2 Å². The molecule has 1 aromatic heterocycles. The van der Waals surface area contributed by atoms with Gasteiger partial charge in [0.25, 0.3) is 0 Å². The van der Waals surface area contributed by atoms with Crippen LogP contribution in [-0.2, 0) is 23.6 Å². The average Bonchev–Trinajstić information content (AvgIpc) is 3.52. The fourth-order valence-corrected chi connectivity index (χ4v) is 3.18. The summed E-state index contributed by atoms with van der Waals surface area (Å²) in [6.07, 6.45) is 8.25. The molecule has 150 valence electrons. The molecule has 4 heteroatoms. The van der Waals surface area contributed by atoms with Crippen LogP contribution in [0, 0.1) is 11.9 Å². The molecule has 0 atom stereocenters. The first kappa shape index (κ1) is 21.6. The zero-order valence-corrected chi connectivity index (χ0v) is 17.5. The van der Waals surface area contributed by atoms with Crippen LogP contribution in [0.25, 0.3) is 16.8 Å². The van der Waals surface area contributed by atoms with Gasteiger partial charge in [-0.2, -0.15) is 42.0 Å². The molecule has 5 rings (SSSR count). The molecule has 0 aliphatic heterocycles. The monoisotopic (exact) mass is 436 g/mol. The molecule has 0 N–H and O–H groups in total. The molecule has 0 saturated carbocycles. The summed E-state index contributed by atoms with van der Waals surface area (Å²) < 4.78 is 15.2. The molecule has 1 heterocycles. The molecule has 3 aromatic carbocycles. The van der Waals surface area contributed by atoms with Crippen molar-refractivity contribution in [3.8, 4) is 11.3 Å². The predicted molar refractivity (Wildman–Crippen MR) is 116 cm³/mol. The SMILES string of the molecule is Fc1ccc(-c2cc(C3=CCC=[C-]3)nn2Cc2ccccc2)cc1.[Fe+2].c1cc[cH-]c1. The molecular weight excluding hydrogens is 415 g/mol. The molecule has 1 aliphatic carbocycles. The van der Waals surface area contributed by atoms with Crippen LogP contribution in [0.4, 0.5) is 4.39 Å². The van der Waals surface area contributed by atoms with Gasteiger partial charge in [0, 0.05) is 0 Å². The molecule has 4 aromatic rings. The van der Waals surface area contributed by atoms with E-state index in [9.17, 15) is 4.39 Å². The molecule has 0 radical (unpaired) electrons. The Kier molecular flexibility index (Phi) is 7.67. The van der Waals surface area contributed by atoms with E-state index in [1.165, 1.54) is 17.7 Å². The predicted octanol–water partition coefficient (Wildman–Crippen LogP) is 6.29. The normalized spacial score (nSPS) is 12.0. The Morgan fingerprint density at radius 1 is 0.967 bits per heavy atom. The maximum Gasteiger partial charge on any atom is 2.00 e. The first-order chi connectivity index (χ1) is 14.3. The van der Waals surface area contributed by atoms with Gasteiger partial charge in [-0.15, -0.1) is 0 Å². The Balaban J connectivity index is 0.000000376. The minimum absolute atomic E-state index is 0. The Hall–Kier alpha value is -3.07. The summed E-state index contributed by atoms with van der Waals surface area (Å²) in [5, 5.41) is 4.76. The first-order valence-corrected chi connectivity index (χ1v) is 9.63. The van der Waals surface area contributed by atoms with Crippen LogP contribution in [0.3, 0.4) is 0 Å². The van der Waals surface area contributed by atoms with E-state index in [4.69, 9.17) is 5.10 Å². The van der Waals surface area contributed by atoms with Gasteiger partial charge in [0.15, 0.2) is 0 Å². The van der Waals surface area contributed by atoms with Crippen molar-refractivity contribution in [2.24, 2.45) is 0 Å². The third-order valence-electron chi connectivity index (χ3n) is 4.62. The van der Waals surface area contributed by atoms with E-state index in [-0.39, 0.29) is 22.9 Å². The smallest absolute Gasteiger partial charge is 0.273 e. The van der Waals surface area contributed by atoms with E-state index in [0.29, 0.717) is 6.54 Å². The quantitative estimate of drug-likeness (QED) is 0.272. The number of nitrogens with zero attached hydrogens (tertiary/aromatic N) is 2. The van der Waals surface area contributed by atoms with Gasteiger partial charge < -0.3 is 0 Å². The third-order valence-corrected chi connectivity index (χ3v) is 4.62. The summed E-state index contributed by atoms with van der Waals surface area (Å²) in [5.74, 6) is -0.233. The molecule has 0 unspecified atom stereocenters. The average molecular weight is 436 g/mol. The molecule has 2 nitrogen and oxygen atoms in total. The Bertz CT molecular complexity index is 1070. The number of halogens is 1. The van der Waals surface area contributed by atoms with Gasteiger partial charge in [-0.25, -0.2) is 21.6 Å². The van der Waals surface area contributed by atoms with Crippen molar-refractivity contribution in [1.82, 2.24) is 9.78 Å². The zero-order valence-electron chi connectivity index (χ0n) is 16.4. The number of allylic oxidation sites excluding steroid dienone is 4. The Morgan fingerprint density at radius 3 is 2.30 bits per heavy atom. The third kappa shape index (κ3) is 5.50. The van der Waals surface area contributed by atoms with Crippen LogP contribution < -0.4 is 0 Å². The summed E-state index contributed by atoms with van der Waals surface area (Å²) in [7, 11) is 0. The van der Waals surface area contributed by atoms with Crippen LogP contribution in [0.2, 0.25) is 0 Å². The molecule has 1 aliphatic rings. The Labute approximate surface area is 187 Å². The van der Waals surface area contributed by atoms with Crippen molar-refractivity contribution in [2.45, 2.75) is 13.0 Å². The van der Waals surface area contributed by atoms with Gasteiger partial charge in [-0.1, -0.05) is 42.8 Å². The number of aromatic nitrogens is 2. The molecule has 0 amide bonds. The van der Waals surface area contributed by atoms with Crippen LogP contribution in [0.5, 0.6) is 0 Å². The van der Waals surface area contributed by atoms with Crippen LogP contribution in [-0.4, -0.2) is 9.78 Å². The van der Waals surface area contributed by atoms with Crippen molar-refractivity contribution in [1.29, 1.82) is 0 Å². The molecule has 0 fully saturated rings. The van der Waals surface area contributed by atoms with Crippen LogP contribution in [0.1, 0.15) is 17.7 Å². The van der Waals surface area contributed by atoms with E-state index in [0.717, 1.165) is 28.9 Å². The standard InChI is InChI=1S/C21H16FN2.C5H5.Fe/c22-19-12-10-18(11-13-19)21-14-20(17-8-4-5-9-17)23-24(21)15-16-6-2-1-3-7-16;1-2-4-5-3-1;/h1-4,6-7,9-14H,5,15H2;1-5H;/q2*-1;+2. The second-order valence-corrected chi connectivity index (χ2v) is 6.73. The summed E-state index contributed by atoms with van der Waals surface area (Å²) in [6.45, 7) is 0.671. The maximum atomic E-state index is 13.3. The van der Waals surface area contributed by atoms with Crippen molar-refractivity contribution in [3.05, 3.63) is 126 Å². The topological polar surface area (TPSA) is 17.8 Å².